The minimum Gasteiger partial charge on any atom is -0.293 e. The number of rotatable bonds is 2. The summed E-state index contributed by atoms with van der Waals surface area (Å²) in [7, 11) is 0. The van der Waals surface area contributed by atoms with E-state index in [1.165, 1.54) is 0 Å². The third-order valence-corrected chi connectivity index (χ3v) is 5.62. The Morgan fingerprint density at radius 3 is 2.53 bits per heavy atom. The van der Waals surface area contributed by atoms with Gasteiger partial charge in [0.15, 0.2) is 5.78 Å². The number of hydrogen-bond acceptors (Lipinski definition) is 2. The minimum absolute atomic E-state index is 0.0353. The highest BCUT2D eigenvalue weighted by Gasteiger charge is 2.65. The maximum atomic E-state index is 12.8. The topological polar surface area (TPSA) is 17.1 Å². The van der Waals surface area contributed by atoms with Crippen molar-refractivity contribution in [1.82, 2.24) is 0 Å². The van der Waals surface area contributed by atoms with Crippen LogP contribution in [0.5, 0.6) is 0 Å². The number of hydrogen-bond donors (Lipinski definition) is 0. The molecule has 0 amide bonds. The number of fused-ring (bicyclic) bond motifs is 2. The molecule has 2 unspecified atom stereocenters. The average Bonchev–Trinajstić information content (AvgIpc) is 2.75. The van der Waals surface area contributed by atoms with Gasteiger partial charge in [-0.2, -0.15) is 0 Å². The highest BCUT2D eigenvalue weighted by Crippen LogP contribution is 2.65. The molecule has 2 aliphatic rings. The van der Waals surface area contributed by atoms with Gasteiger partial charge in [-0.05, 0) is 41.2 Å². The van der Waals surface area contributed by atoms with Crippen LogP contribution in [0.1, 0.15) is 32.3 Å². The van der Waals surface area contributed by atoms with E-state index >= 15 is 0 Å². The van der Waals surface area contributed by atoms with Crippen LogP contribution in [-0.4, -0.2) is 11.2 Å². The van der Waals surface area contributed by atoms with Crippen LogP contribution in [0.2, 0.25) is 0 Å². The molecule has 2 heteroatoms. The highest BCUT2D eigenvalue weighted by atomic mass is 32.1. The lowest BCUT2D eigenvalue weighted by molar-refractivity contribution is -0.122. The molecule has 2 saturated carbocycles. The van der Waals surface area contributed by atoms with Gasteiger partial charge >= 0.3 is 0 Å². The summed E-state index contributed by atoms with van der Waals surface area (Å²) >= 11 is 5.22. The molecule has 2 bridgehead atoms. The number of Topliss-reactive ketones (excluding diaryl/α,β-unsaturated/α-hetero) is 1. The van der Waals surface area contributed by atoms with Gasteiger partial charge in [-0.25, -0.2) is 0 Å². The number of thiocarbonyl (C=S) groups is 1. The molecule has 0 N–H and O–H groups in total. The van der Waals surface area contributed by atoms with Crippen LogP contribution in [0.4, 0.5) is 0 Å². The van der Waals surface area contributed by atoms with Gasteiger partial charge in [0.25, 0.3) is 0 Å². The molecule has 2 fully saturated rings. The van der Waals surface area contributed by atoms with Gasteiger partial charge in [0, 0.05) is 5.57 Å². The van der Waals surface area contributed by atoms with E-state index in [0.29, 0.717) is 5.92 Å². The first kappa shape index (κ1) is 12.7. The SMILES string of the molecule is CC1(C)C2CCC1(C=S)C(=O)C2=Cc1ccccc1. The minimum atomic E-state index is -0.409. The Balaban J connectivity index is 2.10. The van der Waals surface area contributed by atoms with Gasteiger partial charge < -0.3 is 0 Å². The van der Waals surface area contributed by atoms with Crippen LogP contribution in [0.15, 0.2) is 35.9 Å². The second kappa shape index (κ2) is 4.11. The number of carbonyl (C=O) groups is 1. The zero-order chi connectivity index (χ0) is 13.7. The fourth-order valence-electron chi connectivity index (χ4n) is 3.89. The maximum absolute atomic E-state index is 12.8. The predicted octanol–water partition coefficient (Wildman–Crippen LogP) is 4.08. The van der Waals surface area contributed by atoms with Gasteiger partial charge in [0.1, 0.15) is 0 Å². The fraction of sp³-hybridized carbons (Fsp3) is 0.412. The molecule has 3 rings (SSSR count). The Morgan fingerprint density at radius 1 is 1.26 bits per heavy atom. The molecule has 1 aromatic rings. The summed E-state index contributed by atoms with van der Waals surface area (Å²) in [5.41, 5.74) is 1.64. The number of benzene rings is 1. The second-order valence-corrected chi connectivity index (χ2v) is 6.48. The van der Waals surface area contributed by atoms with Crippen LogP contribution in [0, 0.1) is 16.7 Å². The highest BCUT2D eigenvalue weighted by molar-refractivity contribution is 7.79. The fourth-order valence-corrected chi connectivity index (χ4v) is 4.42. The van der Waals surface area contributed by atoms with Crippen molar-refractivity contribution in [2.24, 2.45) is 16.7 Å². The molecule has 2 aliphatic carbocycles. The first-order valence-corrected chi connectivity index (χ1v) is 7.28. The first-order valence-electron chi connectivity index (χ1n) is 6.81. The summed E-state index contributed by atoms with van der Waals surface area (Å²) in [5.74, 6) is 0.604. The van der Waals surface area contributed by atoms with Crippen molar-refractivity contribution in [2.75, 3.05) is 0 Å². The van der Waals surface area contributed by atoms with E-state index in [1.54, 1.807) is 5.37 Å². The Kier molecular flexibility index (Phi) is 2.75. The summed E-state index contributed by atoms with van der Waals surface area (Å²) < 4.78 is 0. The lowest BCUT2D eigenvalue weighted by atomic mass is 9.70. The maximum Gasteiger partial charge on any atom is 0.170 e. The largest absolute Gasteiger partial charge is 0.293 e. The Morgan fingerprint density at radius 2 is 1.95 bits per heavy atom. The zero-order valence-electron chi connectivity index (χ0n) is 11.3. The summed E-state index contributed by atoms with van der Waals surface area (Å²) in [6, 6.07) is 10.1. The van der Waals surface area contributed by atoms with Crippen LogP contribution in [0.25, 0.3) is 6.08 Å². The molecule has 1 nitrogen and oxygen atoms in total. The van der Waals surface area contributed by atoms with Crippen LogP contribution in [-0.2, 0) is 4.79 Å². The van der Waals surface area contributed by atoms with Crippen molar-refractivity contribution in [3.63, 3.8) is 0 Å². The van der Waals surface area contributed by atoms with E-state index in [2.05, 4.69) is 19.9 Å². The van der Waals surface area contributed by atoms with Crippen molar-refractivity contribution in [1.29, 1.82) is 0 Å². The number of carbonyl (C=O) groups excluding carboxylic acids is 1. The van der Waals surface area contributed by atoms with Crippen molar-refractivity contribution in [3.8, 4) is 0 Å². The average molecular weight is 270 g/mol. The molecular formula is C17H18OS. The van der Waals surface area contributed by atoms with E-state index in [9.17, 15) is 4.79 Å². The van der Waals surface area contributed by atoms with E-state index in [0.717, 1.165) is 24.0 Å². The summed E-state index contributed by atoms with van der Waals surface area (Å²) in [6.45, 7) is 4.38. The quantitative estimate of drug-likeness (QED) is 0.595. The molecule has 2 atom stereocenters. The van der Waals surface area contributed by atoms with Crippen molar-refractivity contribution < 1.29 is 4.79 Å². The molecule has 0 saturated heterocycles. The zero-order valence-corrected chi connectivity index (χ0v) is 12.2. The Bertz CT molecular complexity index is 570. The molecule has 1 aromatic carbocycles. The van der Waals surface area contributed by atoms with Gasteiger partial charge in [0.05, 0.1) is 5.41 Å². The third kappa shape index (κ3) is 1.53. The Labute approximate surface area is 119 Å². The van der Waals surface area contributed by atoms with Gasteiger partial charge in [0.2, 0.25) is 0 Å². The molecular weight excluding hydrogens is 252 g/mol. The third-order valence-electron chi connectivity index (χ3n) is 5.21. The lowest BCUT2D eigenvalue weighted by Gasteiger charge is -2.31. The summed E-state index contributed by atoms with van der Waals surface area (Å²) in [6.07, 6.45) is 4.05. The standard InChI is InChI=1S/C17H18OS/c1-16(2)14-8-9-17(16,11-19)15(18)13(14)10-12-6-4-3-5-7-12/h3-7,10-11,14H,8-9H2,1-2H3. The van der Waals surface area contributed by atoms with Gasteiger partial charge in [-0.15, -0.1) is 0 Å². The van der Waals surface area contributed by atoms with E-state index < -0.39 is 5.41 Å². The van der Waals surface area contributed by atoms with Gasteiger partial charge in [-0.3, -0.25) is 4.79 Å². The van der Waals surface area contributed by atoms with Crippen LogP contribution < -0.4 is 0 Å². The van der Waals surface area contributed by atoms with Crippen molar-refractivity contribution in [3.05, 3.63) is 41.5 Å². The van der Waals surface area contributed by atoms with E-state index in [4.69, 9.17) is 12.2 Å². The monoisotopic (exact) mass is 270 g/mol. The van der Waals surface area contributed by atoms with Crippen molar-refractivity contribution >= 4 is 29.4 Å². The predicted molar refractivity (Wildman–Crippen MR) is 82.0 cm³/mol. The second-order valence-electron chi connectivity index (χ2n) is 6.24. The van der Waals surface area contributed by atoms with Crippen LogP contribution in [0.3, 0.4) is 0 Å². The van der Waals surface area contributed by atoms with E-state index in [1.807, 2.05) is 30.3 Å². The number of ketones is 1. The lowest BCUT2D eigenvalue weighted by Crippen LogP contribution is -2.36. The first-order chi connectivity index (χ1) is 9.03. The molecule has 19 heavy (non-hydrogen) atoms. The Hall–Kier alpha value is -1.28. The van der Waals surface area contributed by atoms with E-state index in [-0.39, 0.29) is 11.2 Å². The van der Waals surface area contributed by atoms with Gasteiger partial charge in [-0.1, -0.05) is 56.4 Å². The molecule has 0 aliphatic heterocycles. The number of allylic oxidation sites excluding steroid dienone is 1. The molecule has 0 spiro atoms. The summed E-state index contributed by atoms with van der Waals surface area (Å²) in [5, 5.41) is 1.74. The smallest absolute Gasteiger partial charge is 0.170 e. The summed E-state index contributed by atoms with van der Waals surface area (Å²) in [4.78, 5) is 12.8. The molecule has 0 heterocycles. The van der Waals surface area contributed by atoms with Crippen molar-refractivity contribution in [2.45, 2.75) is 26.7 Å². The molecule has 0 aromatic heterocycles. The molecule has 0 radical (unpaired) electrons. The molecule has 98 valence electrons. The normalized spacial score (nSPS) is 33.9. The van der Waals surface area contributed by atoms with Crippen LogP contribution >= 0.6 is 12.2 Å².